The third-order valence-corrected chi connectivity index (χ3v) is 4.73. The van der Waals surface area contributed by atoms with Crippen molar-refractivity contribution in [2.75, 3.05) is 24.6 Å². The Bertz CT molecular complexity index is 847. The van der Waals surface area contributed by atoms with Gasteiger partial charge < -0.3 is 9.64 Å². The lowest BCUT2D eigenvalue weighted by Gasteiger charge is -2.28. The van der Waals surface area contributed by atoms with E-state index in [9.17, 15) is 5.26 Å². The number of aromatic nitrogens is 2. The van der Waals surface area contributed by atoms with Gasteiger partial charge in [0.2, 0.25) is 0 Å². The van der Waals surface area contributed by atoms with Crippen molar-refractivity contribution in [3.8, 4) is 6.07 Å². The van der Waals surface area contributed by atoms with E-state index in [1.54, 1.807) is 0 Å². The Hall–Kier alpha value is -2.61. The predicted molar refractivity (Wildman–Crippen MR) is 105 cm³/mol. The van der Waals surface area contributed by atoms with E-state index >= 15 is 0 Å². The van der Waals surface area contributed by atoms with Crippen LogP contribution in [0.2, 0.25) is 0 Å². The van der Waals surface area contributed by atoms with Crippen LogP contribution in [-0.2, 0) is 4.74 Å². The van der Waals surface area contributed by atoms with Gasteiger partial charge in [0, 0.05) is 18.7 Å². The van der Waals surface area contributed by atoms with Gasteiger partial charge in [0.25, 0.3) is 0 Å². The van der Waals surface area contributed by atoms with Crippen LogP contribution in [0.4, 0.5) is 5.82 Å². The van der Waals surface area contributed by atoms with E-state index in [1.807, 2.05) is 19.1 Å². The number of anilines is 1. The number of aryl methyl sites for hydroxylation is 1. The molecule has 0 bridgehead atoms. The normalized spacial score (nSPS) is 14.3. The zero-order valence-electron chi connectivity index (χ0n) is 15.7. The third kappa shape index (κ3) is 3.80. The molecule has 5 nitrogen and oxygen atoms in total. The minimum atomic E-state index is 0.397. The summed E-state index contributed by atoms with van der Waals surface area (Å²) in [6, 6.07) is 6.23. The van der Waals surface area contributed by atoms with E-state index < -0.39 is 0 Å². The summed E-state index contributed by atoms with van der Waals surface area (Å²) >= 11 is 0. The number of fused-ring (bicyclic) bond motifs is 1. The molecule has 0 unspecified atom stereocenters. The summed E-state index contributed by atoms with van der Waals surface area (Å²) in [5.41, 5.74) is 3.80. The van der Waals surface area contributed by atoms with Crippen LogP contribution >= 0.6 is 0 Å². The van der Waals surface area contributed by atoms with Gasteiger partial charge >= 0.3 is 0 Å². The quantitative estimate of drug-likeness (QED) is 0.563. The van der Waals surface area contributed by atoms with E-state index in [0.29, 0.717) is 23.9 Å². The van der Waals surface area contributed by atoms with Gasteiger partial charge in [-0.05, 0) is 50.3 Å². The molecule has 0 atom stereocenters. The number of hydrogen-bond acceptors (Lipinski definition) is 5. The fourth-order valence-corrected chi connectivity index (χ4v) is 3.32. The monoisotopic (exact) mass is 350 g/mol. The Morgan fingerprint density at radius 1 is 1.27 bits per heavy atom. The summed E-state index contributed by atoms with van der Waals surface area (Å²) in [7, 11) is 0. The topological polar surface area (TPSA) is 62.0 Å². The van der Waals surface area contributed by atoms with Crippen molar-refractivity contribution in [1.29, 1.82) is 5.26 Å². The van der Waals surface area contributed by atoms with Crippen LogP contribution in [0.1, 0.15) is 55.8 Å². The first-order valence-corrected chi connectivity index (χ1v) is 9.43. The van der Waals surface area contributed by atoms with E-state index in [4.69, 9.17) is 9.72 Å². The molecule has 0 radical (unpaired) electrons. The maximum Gasteiger partial charge on any atom is 0.183 e. The number of rotatable bonds is 6. The van der Waals surface area contributed by atoms with Crippen LogP contribution in [-0.4, -0.2) is 29.7 Å². The highest BCUT2D eigenvalue weighted by molar-refractivity contribution is 5.89. The van der Waals surface area contributed by atoms with Crippen LogP contribution in [0.25, 0.3) is 16.8 Å². The van der Waals surface area contributed by atoms with Crippen LogP contribution in [0, 0.1) is 18.3 Å². The zero-order valence-corrected chi connectivity index (χ0v) is 15.7. The van der Waals surface area contributed by atoms with Crippen LogP contribution in [0.5, 0.6) is 0 Å². The summed E-state index contributed by atoms with van der Waals surface area (Å²) in [6.07, 6.45) is 5.54. The van der Waals surface area contributed by atoms with Crippen LogP contribution in [0.3, 0.4) is 0 Å². The van der Waals surface area contributed by atoms with E-state index in [1.165, 1.54) is 6.42 Å². The highest BCUT2D eigenvalue weighted by Gasteiger charge is 2.20. The number of piperidine rings is 1. The molecule has 1 fully saturated rings. The SMILES string of the molecule is C=C(OCCCC)c1cc(C)cc2nc(C#N)c(N3CCCCC3)nc12. The predicted octanol–water partition coefficient (Wildman–Crippen LogP) is 4.59. The van der Waals surface area contributed by atoms with Gasteiger partial charge in [0.05, 0.1) is 12.1 Å². The highest BCUT2D eigenvalue weighted by atomic mass is 16.5. The second kappa shape index (κ2) is 8.18. The summed E-state index contributed by atoms with van der Waals surface area (Å²) in [4.78, 5) is 11.6. The molecule has 2 heterocycles. The summed E-state index contributed by atoms with van der Waals surface area (Å²) in [5, 5.41) is 9.58. The van der Waals surface area contributed by atoms with E-state index in [-0.39, 0.29) is 0 Å². The molecule has 1 aliphatic heterocycles. The summed E-state index contributed by atoms with van der Waals surface area (Å²) < 4.78 is 5.83. The second-order valence-corrected chi connectivity index (χ2v) is 6.86. The third-order valence-electron chi connectivity index (χ3n) is 4.73. The zero-order chi connectivity index (χ0) is 18.5. The first-order chi connectivity index (χ1) is 12.6. The molecule has 1 saturated heterocycles. The van der Waals surface area contributed by atoms with Crippen molar-refractivity contribution < 1.29 is 4.74 Å². The average molecular weight is 350 g/mol. The van der Waals surface area contributed by atoms with Crippen molar-refractivity contribution in [2.24, 2.45) is 0 Å². The lowest BCUT2D eigenvalue weighted by atomic mass is 10.1. The van der Waals surface area contributed by atoms with Gasteiger partial charge in [-0.15, -0.1) is 0 Å². The largest absolute Gasteiger partial charge is 0.494 e. The smallest absolute Gasteiger partial charge is 0.183 e. The van der Waals surface area contributed by atoms with E-state index in [0.717, 1.165) is 60.9 Å². The van der Waals surface area contributed by atoms with Crippen molar-refractivity contribution in [1.82, 2.24) is 9.97 Å². The Labute approximate surface area is 155 Å². The fraction of sp³-hybridized carbons (Fsp3) is 0.476. The average Bonchev–Trinajstić information content (AvgIpc) is 2.67. The maximum absolute atomic E-state index is 9.58. The molecule has 0 N–H and O–H groups in total. The summed E-state index contributed by atoms with van der Waals surface area (Å²) in [5.74, 6) is 1.31. The van der Waals surface area contributed by atoms with Gasteiger partial charge in [-0.25, -0.2) is 9.97 Å². The van der Waals surface area contributed by atoms with Gasteiger partial charge in [-0.3, -0.25) is 0 Å². The molecular formula is C21H26N4O. The Morgan fingerprint density at radius 2 is 2.04 bits per heavy atom. The minimum Gasteiger partial charge on any atom is -0.494 e. The molecule has 0 amide bonds. The highest BCUT2D eigenvalue weighted by Crippen LogP contribution is 2.29. The molecule has 1 aromatic heterocycles. The summed E-state index contributed by atoms with van der Waals surface area (Å²) in [6.45, 7) is 10.7. The molecule has 0 saturated carbocycles. The number of benzene rings is 1. The van der Waals surface area contributed by atoms with Crippen LogP contribution in [0.15, 0.2) is 18.7 Å². The number of nitrogens with zero attached hydrogens (tertiary/aromatic N) is 4. The Balaban J connectivity index is 2.07. The first kappa shape index (κ1) is 18.2. The number of hydrogen-bond donors (Lipinski definition) is 0. The molecule has 5 heteroatoms. The molecule has 26 heavy (non-hydrogen) atoms. The van der Waals surface area contributed by atoms with Gasteiger partial charge in [0.15, 0.2) is 11.5 Å². The Morgan fingerprint density at radius 3 is 2.73 bits per heavy atom. The molecule has 2 aromatic rings. The number of nitriles is 1. The van der Waals surface area contributed by atoms with E-state index in [2.05, 4.69) is 29.5 Å². The van der Waals surface area contributed by atoms with Crippen molar-refractivity contribution in [2.45, 2.75) is 46.0 Å². The molecule has 3 rings (SSSR count). The van der Waals surface area contributed by atoms with Crippen molar-refractivity contribution in [3.05, 3.63) is 35.5 Å². The molecule has 0 aliphatic carbocycles. The van der Waals surface area contributed by atoms with Gasteiger partial charge in [0.1, 0.15) is 17.3 Å². The second-order valence-electron chi connectivity index (χ2n) is 6.86. The standard InChI is InChI=1S/C21H26N4O/c1-4-5-11-26-16(3)17-12-15(2)13-18-20(17)24-21(19(14-22)23-18)25-9-7-6-8-10-25/h12-13H,3-11H2,1-2H3. The fourth-order valence-electron chi connectivity index (χ4n) is 3.32. The molecule has 1 aliphatic rings. The lowest BCUT2D eigenvalue weighted by Crippen LogP contribution is -2.31. The van der Waals surface area contributed by atoms with Crippen molar-refractivity contribution >= 4 is 22.6 Å². The van der Waals surface area contributed by atoms with Crippen molar-refractivity contribution in [3.63, 3.8) is 0 Å². The van der Waals surface area contributed by atoms with Gasteiger partial charge in [-0.2, -0.15) is 5.26 Å². The lowest BCUT2D eigenvalue weighted by molar-refractivity contribution is 0.271. The molecular weight excluding hydrogens is 324 g/mol. The Kier molecular flexibility index (Phi) is 5.72. The van der Waals surface area contributed by atoms with Crippen LogP contribution < -0.4 is 4.90 Å². The molecule has 0 spiro atoms. The first-order valence-electron chi connectivity index (χ1n) is 9.43. The van der Waals surface area contributed by atoms with Gasteiger partial charge in [-0.1, -0.05) is 19.9 Å². The molecule has 136 valence electrons. The maximum atomic E-state index is 9.58. The molecule has 1 aromatic carbocycles. The number of unbranched alkanes of at least 4 members (excludes halogenated alkanes) is 1. The minimum absolute atomic E-state index is 0.397. The number of ether oxygens (including phenoxy) is 1.